The Bertz CT molecular complexity index is 1290. The van der Waals surface area contributed by atoms with Crippen LogP contribution >= 0.6 is 0 Å². The lowest BCUT2D eigenvalue weighted by molar-refractivity contribution is -0.120. The van der Waals surface area contributed by atoms with Crippen LogP contribution in [0.3, 0.4) is 0 Å². The van der Waals surface area contributed by atoms with Gasteiger partial charge in [-0.2, -0.15) is 4.98 Å². The Morgan fingerprint density at radius 3 is 2.88 bits per heavy atom. The van der Waals surface area contributed by atoms with Crippen molar-refractivity contribution in [3.63, 3.8) is 0 Å². The number of aryl methyl sites for hydroxylation is 1. The molecule has 3 heterocycles. The van der Waals surface area contributed by atoms with Gasteiger partial charge in [0.1, 0.15) is 29.0 Å². The molecule has 1 amide bonds. The number of nitrogens with zero attached hydrogens (tertiary/aromatic N) is 4. The minimum absolute atomic E-state index is 0.00216. The number of carbonyl (C=O) groups excluding carboxylic acids is 1. The second kappa shape index (κ2) is 8.97. The summed E-state index contributed by atoms with van der Waals surface area (Å²) in [4.78, 5) is 23.9. The lowest BCUT2D eigenvalue weighted by Gasteiger charge is -2.33. The highest BCUT2D eigenvalue weighted by Crippen LogP contribution is 2.35. The van der Waals surface area contributed by atoms with E-state index in [0.29, 0.717) is 34.7 Å². The topological polar surface area (TPSA) is 84.2 Å². The molecule has 8 heteroatoms. The Morgan fingerprint density at radius 2 is 2.06 bits per heavy atom. The fourth-order valence-corrected chi connectivity index (χ4v) is 4.31. The van der Waals surface area contributed by atoms with Crippen LogP contribution in [0.4, 0.5) is 15.9 Å². The molecule has 1 N–H and O–H groups in total. The first-order valence-corrected chi connectivity index (χ1v) is 11.1. The number of benzene rings is 2. The summed E-state index contributed by atoms with van der Waals surface area (Å²) >= 11 is 0. The van der Waals surface area contributed by atoms with Gasteiger partial charge in [-0.3, -0.25) is 4.79 Å². The van der Waals surface area contributed by atoms with Crippen molar-refractivity contribution in [2.45, 2.75) is 26.2 Å². The standard InChI is InChI=1S/C25H24FN5O2/c1-2-16-5-3-7-20(13-16)29-24(32)18-6-4-12-31(14-18)23-21-22(17-8-10-19(26)11-9-17)30-33-25(21)28-15-27-23/h3,5,7-11,13,15,18H,2,4,6,12,14H2,1H3,(H,29,32)/t18-/m0/s1. The molecular formula is C25H24FN5O2. The molecule has 0 aliphatic carbocycles. The predicted octanol–water partition coefficient (Wildman–Crippen LogP) is 4.84. The monoisotopic (exact) mass is 445 g/mol. The number of nitrogens with one attached hydrogen (secondary N) is 1. The summed E-state index contributed by atoms with van der Waals surface area (Å²) in [7, 11) is 0. The third-order valence-electron chi connectivity index (χ3n) is 6.06. The van der Waals surface area contributed by atoms with E-state index in [0.717, 1.165) is 31.5 Å². The van der Waals surface area contributed by atoms with Crippen LogP contribution in [0.15, 0.2) is 59.4 Å². The van der Waals surface area contributed by atoms with Gasteiger partial charge in [0.15, 0.2) is 0 Å². The Kier molecular flexibility index (Phi) is 5.73. The zero-order valence-electron chi connectivity index (χ0n) is 18.3. The van der Waals surface area contributed by atoms with E-state index < -0.39 is 0 Å². The number of hydrogen-bond acceptors (Lipinski definition) is 6. The minimum atomic E-state index is -0.322. The number of aromatic nitrogens is 3. The SMILES string of the molecule is CCc1cccc(NC(=O)[C@H]2CCCN(c3ncnc4onc(-c5ccc(F)cc5)c34)C2)c1. The maximum atomic E-state index is 13.4. The molecule has 1 saturated heterocycles. The van der Waals surface area contributed by atoms with E-state index in [1.165, 1.54) is 24.0 Å². The highest BCUT2D eigenvalue weighted by atomic mass is 19.1. The number of amides is 1. The summed E-state index contributed by atoms with van der Waals surface area (Å²) in [5.74, 6) is 0.175. The van der Waals surface area contributed by atoms with Gasteiger partial charge in [0.05, 0.1) is 5.92 Å². The van der Waals surface area contributed by atoms with Crippen molar-refractivity contribution in [2.75, 3.05) is 23.3 Å². The van der Waals surface area contributed by atoms with Crippen LogP contribution in [0.1, 0.15) is 25.3 Å². The Morgan fingerprint density at radius 1 is 1.21 bits per heavy atom. The van der Waals surface area contributed by atoms with Gasteiger partial charge in [-0.15, -0.1) is 0 Å². The van der Waals surface area contributed by atoms with E-state index in [1.54, 1.807) is 12.1 Å². The molecule has 0 saturated carbocycles. The van der Waals surface area contributed by atoms with E-state index in [4.69, 9.17) is 4.52 Å². The summed E-state index contributed by atoms with van der Waals surface area (Å²) in [6, 6.07) is 14.0. The van der Waals surface area contributed by atoms with Crippen molar-refractivity contribution in [1.82, 2.24) is 15.1 Å². The minimum Gasteiger partial charge on any atom is -0.355 e. The van der Waals surface area contributed by atoms with Crippen molar-refractivity contribution in [3.8, 4) is 11.3 Å². The first-order chi connectivity index (χ1) is 16.1. The van der Waals surface area contributed by atoms with E-state index in [-0.39, 0.29) is 17.6 Å². The molecule has 33 heavy (non-hydrogen) atoms. The van der Waals surface area contributed by atoms with Crippen LogP contribution in [-0.2, 0) is 11.2 Å². The molecule has 2 aromatic heterocycles. The Hall–Kier alpha value is -3.81. The van der Waals surface area contributed by atoms with Crippen molar-refractivity contribution in [3.05, 3.63) is 66.2 Å². The third-order valence-corrected chi connectivity index (χ3v) is 6.06. The second-order valence-electron chi connectivity index (χ2n) is 8.24. The van der Waals surface area contributed by atoms with Gasteiger partial charge in [-0.25, -0.2) is 9.37 Å². The smallest absolute Gasteiger partial charge is 0.263 e. The van der Waals surface area contributed by atoms with Gasteiger partial charge < -0.3 is 14.7 Å². The molecule has 4 aromatic rings. The van der Waals surface area contributed by atoms with Crippen molar-refractivity contribution >= 4 is 28.5 Å². The molecule has 0 spiro atoms. The van der Waals surface area contributed by atoms with Crippen LogP contribution < -0.4 is 10.2 Å². The molecule has 1 fully saturated rings. The third kappa shape index (κ3) is 4.28. The second-order valence-corrected chi connectivity index (χ2v) is 8.24. The Labute approximate surface area is 190 Å². The average molecular weight is 445 g/mol. The van der Waals surface area contributed by atoms with Crippen LogP contribution in [0.25, 0.3) is 22.4 Å². The molecule has 168 valence electrons. The fourth-order valence-electron chi connectivity index (χ4n) is 4.31. The van der Waals surface area contributed by atoms with Crippen LogP contribution in [0.5, 0.6) is 0 Å². The molecule has 5 rings (SSSR count). The Balaban J connectivity index is 1.41. The van der Waals surface area contributed by atoms with Gasteiger partial charge in [0.25, 0.3) is 5.71 Å². The average Bonchev–Trinajstić information content (AvgIpc) is 3.29. The molecular weight excluding hydrogens is 421 g/mol. The van der Waals surface area contributed by atoms with Gasteiger partial charge in [-0.05, 0) is 61.2 Å². The molecule has 1 aliphatic rings. The maximum Gasteiger partial charge on any atom is 0.263 e. The number of piperidine rings is 1. The van der Waals surface area contributed by atoms with E-state index in [9.17, 15) is 9.18 Å². The van der Waals surface area contributed by atoms with Crippen molar-refractivity contribution in [2.24, 2.45) is 5.92 Å². The van der Waals surface area contributed by atoms with E-state index >= 15 is 0 Å². The number of rotatable bonds is 5. The number of hydrogen-bond donors (Lipinski definition) is 1. The predicted molar refractivity (Wildman–Crippen MR) is 124 cm³/mol. The molecule has 0 bridgehead atoms. The molecule has 2 aromatic carbocycles. The largest absolute Gasteiger partial charge is 0.355 e. The summed E-state index contributed by atoms with van der Waals surface area (Å²) < 4.78 is 18.9. The van der Waals surface area contributed by atoms with Crippen LogP contribution in [-0.4, -0.2) is 34.1 Å². The fraction of sp³-hybridized carbons (Fsp3) is 0.280. The summed E-state index contributed by atoms with van der Waals surface area (Å²) in [6.45, 7) is 3.38. The first kappa shape index (κ1) is 21.1. The van der Waals surface area contributed by atoms with Crippen molar-refractivity contribution < 1.29 is 13.7 Å². The maximum absolute atomic E-state index is 13.4. The summed E-state index contributed by atoms with van der Waals surface area (Å²) in [5.41, 5.74) is 3.64. The highest BCUT2D eigenvalue weighted by Gasteiger charge is 2.29. The zero-order valence-corrected chi connectivity index (χ0v) is 18.3. The van der Waals surface area contributed by atoms with Gasteiger partial charge in [0.2, 0.25) is 5.91 Å². The molecule has 1 aliphatic heterocycles. The van der Waals surface area contributed by atoms with Crippen LogP contribution in [0.2, 0.25) is 0 Å². The van der Waals surface area contributed by atoms with Gasteiger partial charge in [-0.1, -0.05) is 24.2 Å². The number of anilines is 2. The molecule has 0 radical (unpaired) electrons. The molecule has 7 nitrogen and oxygen atoms in total. The first-order valence-electron chi connectivity index (χ1n) is 11.1. The number of fused-ring (bicyclic) bond motifs is 1. The summed E-state index contributed by atoms with van der Waals surface area (Å²) in [6.07, 6.45) is 4.02. The summed E-state index contributed by atoms with van der Waals surface area (Å²) in [5, 5.41) is 7.91. The number of halogens is 1. The highest BCUT2D eigenvalue weighted by molar-refractivity contribution is 5.98. The normalized spacial score (nSPS) is 16.2. The van der Waals surface area contributed by atoms with E-state index in [1.807, 2.05) is 18.2 Å². The van der Waals surface area contributed by atoms with Crippen LogP contribution in [0, 0.1) is 11.7 Å². The number of carbonyl (C=O) groups is 1. The van der Waals surface area contributed by atoms with Gasteiger partial charge in [0, 0.05) is 24.3 Å². The molecule has 0 unspecified atom stereocenters. The lowest BCUT2D eigenvalue weighted by atomic mass is 9.96. The van der Waals surface area contributed by atoms with E-state index in [2.05, 4.69) is 38.3 Å². The molecule has 1 atom stereocenters. The lowest BCUT2D eigenvalue weighted by Crippen LogP contribution is -2.41. The van der Waals surface area contributed by atoms with Gasteiger partial charge >= 0.3 is 0 Å². The zero-order chi connectivity index (χ0) is 22.8. The quantitative estimate of drug-likeness (QED) is 0.473. The van der Waals surface area contributed by atoms with Crippen molar-refractivity contribution in [1.29, 1.82) is 0 Å².